The van der Waals surface area contributed by atoms with Crippen molar-refractivity contribution in [3.05, 3.63) is 28.2 Å². The second kappa shape index (κ2) is 7.15. The van der Waals surface area contributed by atoms with Crippen molar-refractivity contribution in [1.82, 2.24) is 5.32 Å². The molecule has 3 heteroatoms. The molecule has 1 atom stereocenters. The fourth-order valence-corrected chi connectivity index (χ4v) is 3.76. The Morgan fingerprint density at radius 3 is 2.81 bits per heavy atom. The fraction of sp³-hybridized carbons (Fsp3) is 0.667. The van der Waals surface area contributed by atoms with Crippen molar-refractivity contribution in [1.29, 1.82) is 0 Å². The second-order valence-electron chi connectivity index (χ2n) is 6.53. The first-order valence-corrected chi connectivity index (χ1v) is 9.35. The van der Waals surface area contributed by atoms with Crippen LogP contribution in [0.5, 0.6) is 0 Å². The highest BCUT2D eigenvalue weighted by atomic mass is 79.9. The fourth-order valence-electron chi connectivity index (χ4n) is 3.41. The summed E-state index contributed by atoms with van der Waals surface area (Å²) in [6.07, 6.45) is 9.41. The molecule has 1 aromatic carbocycles. The van der Waals surface area contributed by atoms with E-state index in [9.17, 15) is 0 Å². The summed E-state index contributed by atoms with van der Waals surface area (Å²) in [5, 5.41) is 3.68. The molecule has 2 fully saturated rings. The van der Waals surface area contributed by atoms with Crippen LogP contribution in [0.25, 0.3) is 0 Å². The number of rotatable bonds is 5. The van der Waals surface area contributed by atoms with Gasteiger partial charge < -0.3 is 10.2 Å². The lowest BCUT2D eigenvalue weighted by molar-refractivity contribution is 0.553. The molecule has 21 heavy (non-hydrogen) atoms. The van der Waals surface area contributed by atoms with Crippen LogP contribution in [0, 0.1) is 0 Å². The number of halogens is 1. The van der Waals surface area contributed by atoms with E-state index in [2.05, 4.69) is 51.3 Å². The molecule has 2 nitrogen and oxygen atoms in total. The molecular weight excluding hydrogens is 324 g/mol. The van der Waals surface area contributed by atoms with Crippen LogP contribution in [0.15, 0.2) is 22.7 Å². The molecule has 0 radical (unpaired) electrons. The van der Waals surface area contributed by atoms with E-state index >= 15 is 0 Å². The molecule has 0 aromatic heterocycles. The standard InChI is InChI=1S/C18H27BrN2/c1-2-17-6-4-3-5-11-21(17)18-12-15(19)8-7-14(18)13-20-16-9-10-16/h7-8,12,16-17,20H,2-6,9-11,13H2,1H3. The van der Waals surface area contributed by atoms with Crippen molar-refractivity contribution in [2.45, 2.75) is 70.5 Å². The summed E-state index contributed by atoms with van der Waals surface area (Å²) in [5.74, 6) is 0. The summed E-state index contributed by atoms with van der Waals surface area (Å²) < 4.78 is 1.20. The van der Waals surface area contributed by atoms with Crippen molar-refractivity contribution in [3.8, 4) is 0 Å². The van der Waals surface area contributed by atoms with Crippen molar-refractivity contribution >= 4 is 21.6 Å². The number of benzene rings is 1. The van der Waals surface area contributed by atoms with Gasteiger partial charge in [0, 0.05) is 35.3 Å². The minimum atomic E-state index is 0.710. The maximum atomic E-state index is 3.68. The van der Waals surface area contributed by atoms with Crippen LogP contribution in [0.3, 0.4) is 0 Å². The Balaban J connectivity index is 1.83. The molecule has 1 saturated heterocycles. The van der Waals surface area contributed by atoms with Crippen molar-refractivity contribution in [2.75, 3.05) is 11.4 Å². The predicted molar refractivity (Wildman–Crippen MR) is 93.9 cm³/mol. The molecule has 1 aromatic rings. The molecular formula is C18H27BrN2. The van der Waals surface area contributed by atoms with Gasteiger partial charge >= 0.3 is 0 Å². The molecule has 1 aliphatic carbocycles. The van der Waals surface area contributed by atoms with E-state index in [1.165, 1.54) is 67.2 Å². The molecule has 3 rings (SSSR count). The smallest absolute Gasteiger partial charge is 0.0425 e. The molecule has 1 unspecified atom stereocenters. The first kappa shape index (κ1) is 15.4. The van der Waals surface area contributed by atoms with Gasteiger partial charge in [0.15, 0.2) is 0 Å². The lowest BCUT2D eigenvalue weighted by atomic mass is 10.0. The maximum Gasteiger partial charge on any atom is 0.0425 e. The van der Waals surface area contributed by atoms with E-state index in [0.29, 0.717) is 6.04 Å². The Morgan fingerprint density at radius 2 is 2.05 bits per heavy atom. The van der Waals surface area contributed by atoms with Crippen LogP contribution in [0.2, 0.25) is 0 Å². The normalized spacial score (nSPS) is 23.1. The van der Waals surface area contributed by atoms with Gasteiger partial charge in [0.05, 0.1) is 0 Å². The largest absolute Gasteiger partial charge is 0.368 e. The molecule has 1 aliphatic heterocycles. The van der Waals surface area contributed by atoms with E-state index in [1.807, 2.05) is 0 Å². The Morgan fingerprint density at radius 1 is 1.19 bits per heavy atom. The van der Waals surface area contributed by atoms with Gasteiger partial charge in [-0.2, -0.15) is 0 Å². The molecule has 1 heterocycles. The predicted octanol–water partition coefficient (Wildman–Crippen LogP) is 4.86. The monoisotopic (exact) mass is 350 g/mol. The summed E-state index contributed by atoms with van der Waals surface area (Å²) in [7, 11) is 0. The van der Waals surface area contributed by atoms with E-state index < -0.39 is 0 Å². The number of nitrogens with one attached hydrogen (secondary N) is 1. The third-order valence-electron chi connectivity index (χ3n) is 4.86. The first-order chi connectivity index (χ1) is 10.3. The lowest BCUT2D eigenvalue weighted by Crippen LogP contribution is -2.35. The quantitative estimate of drug-likeness (QED) is 0.815. The molecule has 116 valence electrons. The van der Waals surface area contributed by atoms with E-state index in [0.717, 1.165) is 12.6 Å². The first-order valence-electron chi connectivity index (χ1n) is 8.56. The molecule has 1 N–H and O–H groups in total. The van der Waals surface area contributed by atoms with Gasteiger partial charge in [-0.3, -0.25) is 0 Å². The highest BCUT2D eigenvalue weighted by molar-refractivity contribution is 9.10. The van der Waals surface area contributed by atoms with Crippen LogP contribution in [-0.2, 0) is 6.54 Å². The Kier molecular flexibility index (Phi) is 5.23. The zero-order valence-corrected chi connectivity index (χ0v) is 14.7. The minimum Gasteiger partial charge on any atom is -0.368 e. The SMILES string of the molecule is CCC1CCCCCN1c1cc(Br)ccc1CNC1CC1. The lowest BCUT2D eigenvalue weighted by Gasteiger charge is -2.33. The highest BCUT2D eigenvalue weighted by Crippen LogP contribution is 2.32. The highest BCUT2D eigenvalue weighted by Gasteiger charge is 2.24. The van der Waals surface area contributed by atoms with Gasteiger partial charge in [0.25, 0.3) is 0 Å². The van der Waals surface area contributed by atoms with Gasteiger partial charge in [-0.05, 0) is 49.8 Å². The number of nitrogens with zero attached hydrogens (tertiary/aromatic N) is 1. The molecule has 0 bridgehead atoms. The number of anilines is 1. The summed E-state index contributed by atoms with van der Waals surface area (Å²) in [5.41, 5.74) is 2.91. The average Bonchev–Trinajstić information content (AvgIpc) is 3.32. The third-order valence-corrected chi connectivity index (χ3v) is 5.36. The number of hydrogen-bond acceptors (Lipinski definition) is 2. The summed E-state index contributed by atoms with van der Waals surface area (Å²) in [6, 6.07) is 8.30. The molecule has 1 saturated carbocycles. The zero-order valence-electron chi connectivity index (χ0n) is 13.1. The summed E-state index contributed by atoms with van der Waals surface area (Å²) >= 11 is 3.67. The third kappa shape index (κ3) is 4.01. The van der Waals surface area contributed by atoms with E-state index in [4.69, 9.17) is 0 Å². The van der Waals surface area contributed by atoms with Crippen LogP contribution >= 0.6 is 15.9 Å². The van der Waals surface area contributed by atoms with Crippen molar-refractivity contribution in [2.24, 2.45) is 0 Å². The average molecular weight is 351 g/mol. The zero-order chi connectivity index (χ0) is 14.7. The Labute approximate surface area is 137 Å². The summed E-state index contributed by atoms with van der Waals surface area (Å²) in [4.78, 5) is 2.68. The van der Waals surface area contributed by atoms with Gasteiger partial charge in [-0.25, -0.2) is 0 Å². The van der Waals surface area contributed by atoms with E-state index in [-0.39, 0.29) is 0 Å². The molecule has 2 aliphatic rings. The topological polar surface area (TPSA) is 15.3 Å². The van der Waals surface area contributed by atoms with Gasteiger partial charge in [0.1, 0.15) is 0 Å². The number of hydrogen-bond donors (Lipinski definition) is 1. The summed E-state index contributed by atoms with van der Waals surface area (Å²) in [6.45, 7) is 4.56. The van der Waals surface area contributed by atoms with Crippen LogP contribution in [0.4, 0.5) is 5.69 Å². The minimum absolute atomic E-state index is 0.710. The van der Waals surface area contributed by atoms with Crippen molar-refractivity contribution < 1.29 is 0 Å². The second-order valence-corrected chi connectivity index (χ2v) is 7.45. The molecule has 0 spiro atoms. The van der Waals surface area contributed by atoms with Gasteiger partial charge in [0.2, 0.25) is 0 Å². The van der Waals surface area contributed by atoms with E-state index in [1.54, 1.807) is 0 Å². The molecule has 0 amide bonds. The maximum absolute atomic E-state index is 3.68. The Hall–Kier alpha value is -0.540. The van der Waals surface area contributed by atoms with Crippen molar-refractivity contribution in [3.63, 3.8) is 0 Å². The Bertz CT molecular complexity index is 470. The van der Waals surface area contributed by atoms with Gasteiger partial charge in [-0.15, -0.1) is 0 Å². The van der Waals surface area contributed by atoms with Crippen LogP contribution < -0.4 is 10.2 Å². The van der Waals surface area contributed by atoms with Crippen LogP contribution in [0.1, 0.15) is 57.4 Å². The van der Waals surface area contributed by atoms with Crippen LogP contribution in [-0.4, -0.2) is 18.6 Å². The van der Waals surface area contributed by atoms with Gasteiger partial charge in [-0.1, -0.05) is 41.8 Å².